The van der Waals surface area contributed by atoms with Crippen LogP contribution in [0.15, 0.2) is 36.4 Å². The molecule has 0 aromatic heterocycles. The molecule has 2 aromatic rings. The maximum Gasteiger partial charge on any atom is 0.337 e. The fourth-order valence-corrected chi connectivity index (χ4v) is 3.37. The molecule has 0 bridgehead atoms. The van der Waals surface area contributed by atoms with Gasteiger partial charge in [-0.3, -0.25) is 9.59 Å². The molecule has 5 nitrogen and oxygen atoms in total. The third kappa shape index (κ3) is 2.10. The summed E-state index contributed by atoms with van der Waals surface area (Å²) < 4.78 is 0.729. The molecule has 6 heteroatoms. The highest BCUT2D eigenvalue weighted by Gasteiger charge is 2.39. The molecule has 0 unspecified atom stereocenters. The van der Waals surface area contributed by atoms with Gasteiger partial charge in [0.05, 0.1) is 22.4 Å². The highest BCUT2D eigenvalue weighted by molar-refractivity contribution is 14.1. The minimum Gasteiger partial charge on any atom is -0.478 e. The van der Waals surface area contributed by atoms with Crippen LogP contribution in [-0.2, 0) is 0 Å². The second kappa shape index (κ2) is 5.20. The Kier molecular flexibility index (Phi) is 3.48. The number of benzene rings is 2. The van der Waals surface area contributed by atoms with Crippen LogP contribution in [0.3, 0.4) is 0 Å². The largest absolute Gasteiger partial charge is 0.478 e. The SMILES string of the molecule is Cc1cc(I)cc(C(=O)O)c1N1C(=O)c2ccccc2C1=O. The van der Waals surface area contributed by atoms with Crippen molar-refractivity contribution in [2.24, 2.45) is 0 Å². The number of anilines is 1. The van der Waals surface area contributed by atoms with Crippen molar-refractivity contribution in [3.8, 4) is 0 Å². The van der Waals surface area contributed by atoms with Gasteiger partial charge in [-0.25, -0.2) is 9.69 Å². The lowest BCUT2D eigenvalue weighted by Gasteiger charge is -2.19. The van der Waals surface area contributed by atoms with Crippen molar-refractivity contribution in [2.75, 3.05) is 4.90 Å². The quantitative estimate of drug-likeness (QED) is 0.614. The number of aromatic carboxylic acids is 1. The molecule has 0 saturated heterocycles. The van der Waals surface area contributed by atoms with E-state index in [1.54, 1.807) is 37.3 Å². The highest BCUT2D eigenvalue weighted by Crippen LogP contribution is 2.34. The van der Waals surface area contributed by atoms with Crippen LogP contribution >= 0.6 is 22.6 Å². The first-order valence-electron chi connectivity index (χ1n) is 6.43. The fourth-order valence-electron chi connectivity index (χ4n) is 2.59. The summed E-state index contributed by atoms with van der Waals surface area (Å²) in [6.45, 7) is 1.69. The lowest BCUT2D eigenvalue weighted by Crippen LogP contribution is -2.31. The van der Waals surface area contributed by atoms with Gasteiger partial charge in [-0.2, -0.15) is 0 Å². The minimum atomic E-state index is -1.17. The molecule has 0 saturated carbocycles. The first-order valence-corrected chi connectivity index (χ1v) is 7.51. The lowest BCUT2D eigenvalue weighted by atomic mass is 10.1. The number of carboxylic acids is 1. The number of hydrogen-bond acceptors (Lipinski definition) is 3. The van der Waals surface area contributed by atoms with Gasteiger partial charge in [0, 0.05) is 3.57 Å². The van der Waals surface area contributed by atoms with Gasteiger partial charge in [0.25, 0.3) is 11.8 Å². The molecule has 1 heterocycles. The zero-order chi connectivity index (χ0) is 16.0. The molecular weight excluding hydrogens is 397 g/mol. The van der Waals surface area contributed by atoms with Crippen LogP contribution in [0.5, 0.6) is 0 Å². The molecule has 0 aliphatic carbocycles. The van der Waals surface area contributed by atoms with Crippen molar-refractivity contribution in [3.05, 3.63) is 62.2 Å². The Morgan fingerprint density at radius 1 is 1.09 bits per heavy atom. The number of amides is 2. The monoisotopic (exact) mass is 407 g/mol. The third-order valence-corrected chi connectivity index (χ3v) is 4.14. The minimum absolute atomic E-state index is 0.0566. The normalized spacial score (nSPS) is 13.5. The number of nitrogens with zero attached hydrogens (tertiary/aromatic N) is 1. The number of carbonyl (C=O) groups excluding carboxylic acids is 2. The van der Waals surface area contributed by atoms with E-state index in [1.165, 1.54) is 6.07 Å². The first-order chi connectivity index (χ1) is 10.4. The smallest absolute Gasteiger partial charge is 0.337 e. The zero-order valence-electron chi connectivity index (χ0n) is 11.5. The fraction of sp³-hybridized carbons (Fsp3) is 0.0625. The van der Waals surface area contributed by atoms with Gasteiger partial charge in [-0.1, -0.05) is 12.1 Å². The van der Waals surface area contributed by atoms with Crippen LogP contribution in [-0.4, -0.2) is 22.9 Å². The summed E-state index contributed by atoms with van der Waals surface area (Å²) in [4.78, 5) is 37.5. The molecule has 110 valence electrons. The number of aryl methyl sites for hydroxylation is 1. The van der Waals surface area contributed by atoms with Gasteiger partial charge in [0.2, 0.25) is 0 Å². The molecule has 0 radical (unpaired) electrons. The summed E-state index contributed by atoms with van der Waals surface area (Å²) in [6.07, 6.45) is 0. The summed E-state index contributed by atoms with van der Waals surface area (Å²) in [5.41, 5.74) is 1.24. The molecule has 0 spiro atoms. The molecule has 0 fully saturated rings. The molecule has 3 rings (SSSR count). The van der Waals surface area contributed by atoms with Gasteiger partial charge < -0.3 is 5.11 Å². The molecule has 22 heavy (non-hydrogen) atoms. The van der Waals surface area contributed by atoms with Crippen molar-refractivity contribution in [1.29, 1.82) is 0 Å². The van der Waals surface area contributed by atoms with E-state index in [-0.39, 0.29) is 11.3 Å². The average Bonchev–Trinajstić information content (AvgIpc) is 2.71. The van der Waals surface area contributed by atoms with Crippen LogP contribution in [0, 0.1) is 10.5 Å². The van der Waals surface area contributed by atoms with E-state index >= 15 is 0 Å². The summed E-state index contributed by atoms with van der Waals surface area (Å²) in [5.74, 6) is -2.16. The summed E-state index contributed by atoms with van der Waals surface area (Å²) in [6, 6.07) is 9.68. The van der Waals surface area contributed by atoms with Crippen LogP contribution in [0.1, 0.15) is 36.6 Å². The van der Waals surface area contributed by atoms with E-state index in [1.807, 2.05) is 22.6 Å². The van der Waals surface area contributed by atoms with E-state index < -0.39 is 17.8 Å². The maximum atomic E-state index is 12.5. The summed E-state index contributed by atoms with van der Waals surface area (Å²) in [5, 5.41) is 9.41. The van der Waals surface area contributed by atoms with E-state index in [9.17, 15) is 19.5 Å². The second-order valence-electron chi connectivity index (χ2n) is 4.92. The number of halogens is 1. The van der Waals surface area contributed by atoms with Gasteiger partial charge in [-0.05, 0) is 59.3 Å². The lowest BCUT2D eigenvalue weighted by molar-refractivity contribution is 0.0697. The van der Waals surface area contributed by atoms with Gasteiger partial charge >= 0.3 is 5.97 Å². The number of hydrogen-bond donors (Lipinski definition) is 1. The van der Waals surface area contributed by atoms with Gasteiger partial charge in [0.15, 0.2) is 0 Å². The van der Waals surface area contributed by atoms with Crippen LogP contribution < -0.4 is 4.90 Å². The number of rotatable bonds is 2. The van der Waals surface area contributed by atoms with Crippen molar-refractivity contribution in [2.45, 2.75) is 6.92 Å². The number of carbonyl (C=O) groups is 3. The van der Waals surface area contributed by atoms with Crippen LogP contribution in [0.2, 0.25) is 0 Å². The molecular formula is C16H10INO4. The standard InChI is InChI=1S/C16H10INO4/c1-8-6-9(17)7-12(16(21)22)13(8)18-14(19)10-4-2-3-5-11(10)15(18)20/h2-7H,1H3,(H,21,22). The Morgan fingerprint density at radius 3 is 2.14 bits per heavy atom. The Morgan fingerprint density at radius 2 is 1.64 bits per heavy atom. The molecule has 1 aliphatic heterocycles. The van der Waals surface area contributed by atoms with Crippen molar-refractivity contribution >= 4 is 46.1 Å². The summed E-state index contributed by atoms with van der Waals surface area (Å²) in [7, 11) is 0. The van der Waals surface area contributed by atoms with E-state index in [0.29, 0.717) is 16.7 Å². The first kappa shape index (κ1) is 14.7. The molecule has 1 N–H and O–H groups in total. The highest BCUT2D eigenvalue weighted by atomic mass is 127. The van der Waals surface area contributed by atoms with Crippen molar-refractivity contribution in [1.82, 2.24) is 0 Å². The Hall–Kier alpha value is -2.22. The van der Waals surface area contributed by atoms with E-state index in [2.05, 4.69) is 0 Å². The molecule has 0 atom stereocenters. The third-order valence-electron chi connectivity index (χ3n) is 3.51. The van der Waals surface area contributed by atoms with Crippen LogP contribution in [0.25, 0.3) is 0 Å². The van der Waals surface area contributed by atoms with Gasteiger partial charge in [0.1, 0.15) is 0 Å². The topological polar surface area (TPSA) is 74.7 Å². The van der Waals surface area contributed by atoms with Crippen molar-refractivity contribution in [3.63, 3.8) is 0 Å². The maximum absolute atomic E-state index is 12.5. The predicted molar refractivity (Wildman–Crippen MR) is 88.4 cm³/mol. The average molecular weight is 407 g/mol. The Bertz CT molecular complexity index is 809. The van der Waals surface area contributed by atoms with Crippen LogP contribution in [0.4, 0.5) is 5.69 Å². The zero-order valence-corrected chi connectivity index (χ0v) is 13.6. The summed E-state index contributed by atoms with van der Waals surface area (Å²) >= 11 is 2.00. The number of imide groups is 1. The van der Waals surface area contributed by atoms with E-state index in [0.717, 1.165) is 8.47 Å². The van der Waals surface area contributed by atoms with Crippen molar-refractivity contribution < 1.29 is 19.5 Å². The molecule has 2 amide bonds. The number of fused-ring (bicyclic) bond motifs is 1. The Balaban J connectivity index is 2.24. The second-order valence-corrected chi connectivity index (χ2v) is 6.16. The molecule has 1 aliphatic rings. The number of carboxylic acid groups (broad SMARTS) is 1. The predicted octanol–water partition coefficient (Wildman–Crippen LogP) is 3.10. The molecule has 2 aromatic carbocycles. The van der Waals surface area contributed by atoms with E-state index in [4.69, 9.17) is 0 Å². The Labute approximate surface area is 139 Å². The van der Waals surface area contributed by atoms with Gasteiger partial charge in [-0.15, -0.1) is 0 Å².